The first-order valence-electron chi connectivity index (χ1n) is 8.41. The molecule has 3 rings (SSSR count). The largest absolute Gasteiger partial charge is 0.370 e. The van der Waals surface area contributed by atoms with Crippen LogP contribution in [0.2, 0.25) is 0 Å². The minimum Gasteiger partial charge on any atom is -0.370 e. The first-order valence-corrected chi connectivity index (χ1v) is 9.96. The van der Waals surface area contributed by atoms with Crippen LogP contribution in [-0.2, 0) is 16.4 Å². The quantitative estimate of drug-likeness (QED) is 0.579. The minimum atomic E-state index is -3.66. The predicted octanol–water partition coefficient (Wildman–Crippen LogP) is 2.83. The van der Waals surface area contributed by atoms with Crippen molar-refractivity contribution in [2.45, 2.75) is 18.2 Å². The smallest absolute Gasteiger partial charge is 0.238 e. The first-order chi connectivity index (χ1) is 12.9. The lowest BCUT2D eigenvalue weighted by atomic mass is 10.1. The number of nitrogens with zero attached hydrogens (tertiary/aromatic N) is 2. The Hall–Kier alpha value is -2.97. The Morgan fingerprint density at radius 3 is 2.44 bits per heavy atom. The number of aromatic nitrogens is 2. The molecular formula is C19H21N5O2S. The lowest BCUT2D eigenvalue weighted by Gasteiger charge is -2.09. The SMILES string of the molecule is Cc1cccc(Nc2cc(NCCc3ccc(S(N)(=O)=O)cc3)ncn2)c1. The van der Waals surface area contributed by atoms with Gasteiger partial charge >= 0.3 is 0 Å². The molecule has 0 amide bonds. The molecule has 140 valence electrons. The third-order valence-electron chi connectivity index (χ3n) is 3.93. The molecule has 0 bridgehead atoms. The summed E-state index contributed by atoms with van der Waals surface area (Å²) in [4.78, 5) is 8.56. The van der Waals surface area contributed by atoms with E-state index in [1.165, 1.54) is 24.0 Å². The Morgan fingerprint density at radius 1 is 1.00 bits per heavy atom. The van der Waals surface area contributed by atoms with E-state index in [9.17, 15) is 8.42 Å². The molecule has 0 saturated heterocycles. The highest BCUT2D eigenvalue weighted by Crippen LogP contribution is 2.17. The fourth-order valence-electron chi connectivity index (χ4n) is 2.57. The molecule has 4 N–H and O–H groups in total. The summed E-state index contributed by atoms with van der Waals surface area (Å²) >= 11 is 0. The number of nitrogens with two attached hydrogens (primary N) is 1. The van der Waals surface area contributed by atoms with Gasteiger partial charge in [0.25, 0.3) is 0 Å². The zero-order valence-electron chi connectivity index (χ0n) is 14.9. The van der Waals surface area contributed by atoms with E-state index in [0.29, 0.717) is 18.2 Å². The third kappa shape index (κ3) is 5.50. The van der Waals surface area contributed by atoms with Gasteiger partial charge in [0.15, 0.2) is 0 Å². The maximum atomic E-state index is 11.3. The third-order valence-corrected chi connectivity index (χ3v) is 4.86. The van der Waals surface area contributed by atoms with Gasteiger partial charge in [-0.2, -0.15) is 0 Å². The van der Waals surface area contributed by atoms with Crippen molar-refractivity contribution >= 4 is 27.3 Å². The fraction of sp³-hybridized carbons (Fsp3) is 0.158. The summed E-state index contributed by atoms with van der Waals surface area (Å²) in [5.74, 6) is 1.41. The number of rotatable bonds is 7. The van der Waals surface area contributed by atoms with Crippen molar-refractivity contribution in [1.29, 1.82) is 0 Å². The van der Waals surface area contributed by atoms with Gasteiger partial charge in [0.2, 0.25) is 10.0 Å². The second kappa shape index (κ2) is 8.15. The van der Waals surface area contributed by atoms with Gasteiger partial charge in [0.05, 0.1) is 4.90 Å². The molecule has 0 aliphatic carbocycles. The second-order valence-electron chi connectivity index (χ2n) is 6.15. The molecule has 0 spiro atoms. The normalized spacial score (nSPS) is 11.2. The van der Waals surface area contributed by atoms with Crippen molar-refractivity contribution in [2.24, 2.45) is 5.14 Å². The molecule has 0 unspecified atom stereocenters. The van der Waals surface area contributed by atoms with Crippen LogP contribution in [0.4, 0.5) is 17.3 Å². The van der Waals surface area contributed by atoms with Gasteiger partial charge in [-0.05, 0) is 48.7 Å². The Balaban J connectivity index is 1.57. The Labute approximate surface area is 158 Å². The maximum Gasteiger partial charge on any atom is 0.238 e. The van der Waals surface area contributed by atoms with Crippen molar-refractivity contribution in [2.75, 3.05) is 17.2 Å². The molecule has 2 aromatic carbocycles. The van der Waals surface area contributed by atoms with E-state index in [2.05, 4.69) is 20.6 Å². The van der Waals surface area contributed by atoms with Crippen LogP contribution in [0.25, 0.3) is 0 Å². The van der Waals surface area contributed by atoms with Crippen molar-refractivity contribution in [3.63, 3.8) is 0 Å². The minimum absolute atomic E-state index is 0.113. The molecule has 0 aliphatic heterocycles. The number of benzene rings is 2. The van der Waals surface area contributed by atoms with Crippen LogP contribution in [0.5, 0.6) is 0 Å². The maximum absolute atomic E-state index is 11.3. The summed E-state index contributed by atoms with van der Waals surface area (Å²) in [6.07, 6.45) is 2.22. The van der Waals surface area contributed by atoms with E-state index in [-0.39, 0.29) is 4.90 Å². The lowest BCUT2D eigenvalue weighted by molar-refractivity contribution is 0.598. The highest BCUT2D eigenvalue weighted by Gasteiger charge is 2.06. The van der Waals surface area contributed by atoms with Crippen LogP contribution < -0.4 is 15.8 Å². The first kappa shape index (κ1) is 18.8. The van der Waals surface area contributed by atoms with Gasteiger partial charge < -0.3 is 10.6 Å². The number of primary sulfonamides is 1. The van der Waals surface area contributed by atoms with Crippen LogP contribution in [0.15, 0.2) is 65.8 Å². The predicted molar refractivity (Wildman–Crippen MR) is 107 cm³/mol. The lowest BCUT2D eigenvalue weighted by Crippen LogP contribution is -2.12. The zero-order chi connectivity index (χ0) is 19.3. The molecule has 7 nitrogen and oxygen atoms in total. The highest BCUT2D eigenvalue weighted by molar-refractivity contribution is 7.89. The molecule has 0 saturated carbocycles. The summed E-state index contributed by atoms with van der Waals surface area (Å²) in [7, 11) is -3.66. The number of anilines is 3. The second-order valence-corrected chi connectivity index (χ2v) is 7.71. The van der Waals surface area contributed by atoms with Crippen molar-refractivity contribution in [3.05, 3.63) is 72.1 Å². The Morgan fingerprint density at radius 2 is 1.74 bits per heavy atom. The molecule has 0 fully saturated rings. The Bertz CT molecular complexity index is 1020. The van der Waals surface area contributed by atoms with Crippen molar-refractivity contribution in [3.8, 4) is 0 Å². The Kier molecular flexibility index (Phi) is 5.68. The van der Waals surface area contributed by atoms with Crippen LogP contribution in [-0.4, -0.2) is 24.9 Å². The van der Waals surface area contributed by atoms with Gasteiger partial charge in [-0.25, -0.2) is 23.5 Å². The molecule has 8 heteroatoms. The average molecular weight is 383 g/mol. The zero-order valence-corrected chi connectivity index (χ0v) is 15.7. The summed E-state index contributed by atoms with van der Waals surface area (Å²) in [6, 6.07) is 16.4. The van der Waals surface area contributed by atoms with Gasteiger partial charge in [0.1, 0.15) is 18.0 Å². The van der Waals surface area contributed by atoms with Crippen molar-refractivity contribution < 1.29 is 8.42 Å². The standard InChI is InChI=1S/C19H21N5O2S/c1-14-3-2-4-16(11-14)24-19-12-18(22-13-23-19)21-10-9-15-5-7-17(8-6-15)27(20,25)26/h2-8,11-13H,9-10H2,1H3,(H2,20,25,26)(H2,21,22,23,24). The van der Waals surface area contributed by atoms with E-state index in [1.54, 1.807) is 12.1 Å². The molecule has 1 aromatic heterocycles. The number of nitrogens with one attached hydrogen (secondary N) is 2. The monoisotopic (exact) mass is 383 g/mol. The van der Waals surface area contributed by atoms with Crippen LogP contribution in [0.3, 0.4) is 0 Å². The number of aryl methyl sites for hydroxylation is 1. The topological polar surface area (TPSA) is 110 Å². The van der Waals surface area contributed by atoms with Gasteiger partial charge in [0, 0.05) is 18.3 Å². The van der Waals surface area contributed by atoms with Gasteiger partial charge in [-0.15, -0.1) is 0 Å². The highest BCUT2D eigenvalue weighted by atomic mass is 32.2. The van der Waals surface area contributed by atoms with Crippen LogP contribution in [0.1, 0.15) is 11.1 Å². The molecule has 1 heterocycles. The molecule has 3 aromatic rings. The van der Waals surface area contributed by atoms with E-state index in [0.717, 1.165) is 17.7 Å². The molecule has 0 atom stereocenters. The van der Waals surface area contributed by atoms with E-state index in [1.807, 2.05) is 37.3 Å². The summed E-state index contributed by atoms with van der Waals surface area (Å²) in [6.45, 7) is 2.68. The summed E-state index contributed by atoms with van der Waals surface area (Å²) in [5.41, 5.74) is 3.14. The molecule has 0 aliphatic rings. The fourth-order valence-corrected chi connectivity index (χ4v) is 3.09. The molecule has 27 heavy (non-hydrogen) atoms. The van der Waals surface area contributed by atoms with Gasteiger partial charge in [-0.1, -0.05) is 24.3 Å². The van der Waals surface area contributed by atoms with E-state index < -0.39 is 10.0 Å². The summed E-state index contributed by atoms with van der Waals surface area (Å²) < 4.78 is 22.5. The van der Waals surface area contributed by atoms with Crippen LogP contribution >= 0.6 is 0 Å². The van der Waals surface area contributed by atoms with Gasteiger partial charge in [-0.3, -0.25) is 0 Å². The van der Waals surface area contributed by atoms with E-state index >= 15 is 0 Å². The number of hydrogen-bond acceptors (Lipinski definition) is 6. The van der Waals surface area contributed by atoms with E-state index in [4.69, 9.17) is 5.14 Å². The number of sulfonamides is 1. The number of hydrogen-bond donors (Lipinski definition) is 3. The van der Waals surface area contributed by atoms with Crippen molar-refractivity contribution in [1.82, 2.24) is 9.97 Å². The molecular weight excluding hydrogens is 362 g/mol. The van der Waals surface area contributed by atoms with Crippen LogP contribution in [0, 0.1) is 6.92 Å². The summed E-state index contributed by atoms with van der Waals surface area (Å²) in [5, 5.41) is 11.6. The average Bonchev–Trinajstić information content (AvgIpc) is 2.62. The molecule has 0 radical (unpaired) electrons.